The van der Waals surface area contributed by atoms with E-state index in [0.717, 1.165) is 11.3 Å². The smallest absolute Gasteiger partial charge is 0.301 e. The van der Waals surface area contributed by atoms with Gasteiger partial charge in [0, 0.05) is 28.6 Å². The van der Waals surface area contributed by atoms with Crippen LogP contribution in [0.25, 0.3) is 5.76 Å². The van der Waals surface area contributed by atoms with Gasteiger partial charge in [0.05, 0.1) is 11.6 Å². The van der Waals surface area contributed by atoms with Crippen LogP contribution in [0.5, 0.6) is 5.75 Å². The molecule has 3 aromatic rings. The Morgan fingerprint density at radius 2 is 2.10 bits per heavy atom. The molecule has 1 N–H and O–H groups in total. The van der Waals surface area contributed by atoms with Crippen molar-refractivity contribution in [1.82, 2.24) is 4.98 Å². The van der Waals surface area contributed by atoms with Crippen molar-refractivity contribution >= 4 is 45.5 Å². The van der Waals surface area contributed by atoms with Crippen molar-refractivity contribution in [2.24, 2.45) is 0 Å². The van der Waals surface area contributed by atoms with E-state index < -0.39 is 17.7 Å². The average Bonchev–Trinajstić information content (AvgIpc) is 3.45. The number of ether oxygens (including phenoxy) is 1. The number of benzene rings is 2. The minimum Gasteiger partial charge on any atom is -0.507 e. The first-order valence-electron chi connectivity index (χ1n) is 9.70. The number of aliphatic hydroxyl groups is 1. The molecular formula is C23H17ClN2O4S. The van der Waals surface area contributed by atoms with E-state index in [9.17, 15) is 14.7 Å². The molecule has 0 bridgehead atoms. The van der Waals surface area contributed by atoms with Gasteiger partial charge in [-0.15, -0.1) is 11.3 Å². The number of aromatic nitrogens is 1. The zero-order valence-electron chi connectivity index (χ0n) is 16.4. The fraction of sp³-hybridized carbons (Fsp3) is 0.174. The Labute approximate surface area is 187 Å². The second-order valence-corrected chi connectivity index (χ2v) is 8.80. The lowest BCUT2D eigenvalue weighted by Gasteiger charge is -2.23. The van der Waals surface area contributed by atoms with Gasteiger partial charge in [0.15, 0.2) is 5.13 Å². The number of thiazole rings is 1. The van der Waals surface area contributed by atoms with Crippen LogP contribution in [0.1, 0.15) is 29.7 Å². The quantitative estimate of drug-likeness (QED) is 0.352. The molecule has 31 heavy (non-hydrogen) atoms. The fourth-order valence-electron chi connectivity index (χ4n) is 4.08. The Morgan fingerprint density at radius 3 is 2.84 bits per heavy atom. The summed E-state index contributed by atoms with van der Waals surface area (Å²) in [5, 5.41) is 13.8. The monoisotopic (exact) mass is 452 g/mol. The van der Waals surface area contributed by atoms with E-state index in [1.165, 1.54) is 16.2 Å². The van der Waals surface area contributed by atoms with Crippen LogP contribution in [-0.4, -0.2) is 27.9 Å². The molecule has 3 heterocycles. The first-order chi connectivity index (χ1) is 14.9. The SMILES string of the molecule is CC1Cc2cc(C(O)=C3C(=O)C(=O)N(c4nccs4)C3c3cccc(Cl)c3)ccc2O1. The third-order valence-corrected chi connectivity index (χ3v) is 6.41. The number of hydrogen-bond donors (Lipinski definition) is 1. The number of aliphatic hydroxyl groups excluding tert-OH is 1. The van der Waals surface area contributed by atoms with Crippen molar-refractivity contribution in [1.29, 1.82) is 0 Å². The molecule has 2 aliphatic rings. The van der Waals surface area contributed by atoms with Gasteiger partial charge in [-0.05, 0) is 48.4 Å². The largest absolute Gasteiger partial charge is 0.507 e. The van der Waals surface area contributed by atoms with Gasteiger partial charge >= 0.3 is 5.91 Å². The van der Waals surface area contributed by atoms with Crippen molar-refractivity contribution < 1.29 is 19.4 Å². The highest BCUT2D eigenvalue weighted by atomic mass is 35.5. The molecule has 0 aliphatic carbocycles. The van der Waals surface area contributed by atoms with Gasteiger partial charge in [-0.1, -0.05) is 23.7 Å². The minimum absolute atomic E-state index is 0.00869. The van der Waals surface area contributed by atoms with Crippen LogP contribution in [0.3, 0.4) is 0 Å². The summed E-state index contributed by atoms with van der Waals surface area (Å²) in [5.41, 5.74) is 2.03. The molecule has 0 radical (unpaired) electrons. The number of halogens is 1. The number of carbonyl (C=O) groups is 2. The zero-order valence-corrected chi connectivity index (χ0v) is 18.0. The predicted octanol–water partition coefficient (Wildman–Crippen LogP) is 4.75. The molecule has 0 spiro atoms. The summed E-state index contributed by atoms with van der Waals surface area (Å²) >= 11 is 7.44. The zero-order chi connectivity index (χ0) is 21.7. The number of rotatable bonds is 3. The second-order valence-electron chi connectivity index (χ2n) is 7.49. The van der Waals surface area contributed by atoms with Crippen molar-refractivity contribution in [3.05, 3.63) is 81.3 Å². The molecule has 156 valence electrons. The lowest BCUT2D eigenvalue weighted by Crippen LogP contribution is -2.29. The number of anilines is 1. The summed E-state index contributed by atoms with van der Waals surface area (Å²) in [7, 11) is 0. The lowest BCUT2D eigenvalue weighted by atomic mass is 9.94. The maximum atomic E-state index is 13.1. The number of carbonyl (C=O) groups excluding carboxylic acids is 2. The first kappa shape index (κ1) is 19.8. The molecule has 2 unspecified atom stereocenters. The van der Waals surface area contributed by atoms with E-state index in [1.54, 1.807) is 54.0 Å². The van der Waals surface area contributed by atoms with Gasteiger partial charge in [0.2, 0.25) is 0 Å². The summed E-state index contributed by atoms with van der Waals surface area (Å²) in [5.74, 6) is -0.967. The summed E-state index contributed by atoms with van der Waals surface area (Å²) in [4.78, 5) is 31.6. The molecule has 1 fully saturated rings. The normalized spacial score (nSPS) is 21.9. The van der Waals surface area contributed by atoms with Crippen LogP contribution in [0.2, 0.25) is 5.02 Å². The van der Waals surface area contributed by atoms with Crippen molar-refractivity contribution in [2.45, 2.75) is 25.5 Å². The van der Waals surface area contributed by atoms with Gasteiger partial charge in [0.25, 0.3) is 5.78 Å². The Morgan fingerprint density at radius 1 is 1.26 bits per heavy atom. The third-order valence-electron chi connectivity index (χ3n) is 5.40. The molecule has 1 aromatic heterocycles. The second kappa shape index (κ2) is 7.51. The molecule has 1 saturated heterocycles. The molecule has 2 aliphatic heterocycles. The van der Waals surface area contributed by atoms with Crippen LogP contribution >= 0.6 is 22.9 Å². The molecular weight excluding hydrogens is 436 g/mol. The third kappa shape index (κ3) is 3.30. The molecule has 8 heteroatoms. The fourth-order valence-corrected chi connectivity index (χ4v) is 4.95. The van der Waals surface area contributed by atoms with Gasteiger partial charge in [-0.3, -0.25) is 14.5 Å². The van der Waals surface area contributed by atoms with E-state index in [4.69, 9.17) is 16.3 Å². The highest BCUT2D eigenvalue weighted by Crippen LogP contribution is 2.43. The van der Waals surface area contributed by atoms with Crippen LogP contribution in [0.4, 0.5) is 5.13 Å². The van der Waals surface area contributed by atoms with Gasteiger partial charge < -0.3 is 9.84 Å². The summed E-state index contributed by atoms with van der Waals surface area (Å²) < 4.78 is 5.73. The average molecular weight is 453 g/mol. The Bertz CT molecular complexity index is 1240. The standard InChI is InChI=1S/C23H17ClN2O4S/c1-12-9-15-10-14(5-6-17(15)30-12)20(27)18-19(13-3-2-4-16(24)11-13)26(22(29)21(18)28)23-25-7-8-31-23/h2-8,10-12,19,27H,9H2,1H3. The topological polar surface area (TPSA) is 79.7 Å². The summed E-state index contributed by atoms with van der Waals surface area (Å²) in [6.07, 6.45) is 2.33. The van der Waals surface area contributed by atoms with Crippen LogP contribution in [0.15, 0.2) is 59.6 Å². The van der Waals surface area contributed by atoms with Crippen LogP contribution in [0, 0.1) is 0 Å². The maximum absolute atomic E-state index is 13.1. The Hall–Kier alpha value is -3.16. The van der Waals surface area contributed by atoms with Gasteiger partial charge in [-0.25, -0.2) is 4.98 Å². The first-order valence-corrected chi connectivity index (χ1v) is 11.0. The molecule has 0 saturated carbocycles. The number of fused-ring (bicyclic) bond motifs is 1. The van der Waals surface area contributed by atoms with Crippen LogP contribution in [-0.2, 0) is 16.0 Å². The van der Waals surface area contributed by atoms with Crippen molar-refractivity contribution in [3.63, 3.8) is 0 Å². The minimum atomic E-state index is -0.840. The molecule has 5 rings (SSSR count). The molecule has 2 atom stereocenters. The predicted molar refractivity (Wildman–Crippen MR) is 119 cm³/mol. The van der Waals surface area contributed by atoms with E-state index in [1.807, 2.05) is 6.92 Å². The maximum Gasteiger partial charge on any atom is 0.301 e. The Balaban J connectivity index is 1.69. The number of amides is 1. The highest BCUT2D eigenvalue weighted by Gasteiger charge is 2.48. The van der Waals surface area contributed by atoms with Crippen molar-refractivity contribution in [3.8, 4) is 5.75 Å². The van der Waals surface area contributed by atoms with E-state index >= 15 is 0 Å². The molecule has 6 nitrogen and oxygen atoms in total. The van der Waals surface area contributed by atoms with E-state index in [2.05, 4.69) is 4.98 Å². The van der Waals surface area contributed by atoms with Crippen molar-refractivity contribution in [2.75, 3.05) is 4.90 Å². The summed E-state index contributed by atoms with van der Waals surface area (Å²) in [6, 6.07) is 11.3. The number of nitrogens with zero attached hydrogens (tertiary/aromatic N) is 2. The number of Topliss-reactive ketones (excluding diaryl/α,β-unsaturated/α-hetero) is 1. The molecule has 1 amide bonds. The number of ketones is 1. The van der Waals surface area contributed by atoms with E-state index in [0.29, 0.717) is 27.7 Å². The lowest BCUT2D eigenvalue weighted by molar-refractivity contribution is -0.132. The number of hydrogen-bond acceptors (Lipinski definition) is 6. The van der Waals surface area contributed by atoms with E-state index in [-0.39, 0.29) is 17.4 Å². The van der Waals surface area contributed by atoms with Crippen LogP contribution < -0.4 is 9.64 Å². The highest BCUT2D eigenvalue weighted by molar-refractivity contribution is 7.14. The summed E-state index contributed by atoms with van der Waals surface area (Å²) in [6.45, 7) is 1.97. The van der Waals surface area contributed by atoms with Gasteiger partial charge in [-0.2, -0.15) is 0 Å². The Kier molecular flexibility index (Phi) is 4.79. The van der Waals surface area contributed by atoms with Gasteiger partial charge in [0.1, 0.15) is 17.6 Å². The molecule has 2 aromatic carbocycles.